The predicted octanol–water partition coefficient (Wildman–Crippen LogP) is 4.79. The zero-order valence-corrected chi connectivity index (χ0v) is 18.4. The predicted molar refractivity (Wildman–Crippen MR) is 132 cm³/mol. The molecular weight excluding hydrogens is 426 g/mol. The van der Waals surface area contributed by atoms with Crippen molar-refractivity contribution in [2.45, 2.75) is 13.1 Å². The van der Waals surface area contributed by atoms with Crippen molar-refractivity contribution in [1.82, 2.24) is 14.8 Å². The van der Waals surface area contributed by atoms with Gasteiger partial charge in [-0.1, -0.05) is 54.6 Å². The number of H-pyrrole nitrogens is 1. The maximum Gasteiger partial charge on any atom is 0.278 e. The zero-order valence-electron chi connectivity index (χ0n) is 18.4. The van der Waals surface area contributed by atoms with Gasteiger partial charge in [0.25, 0.3) is 11.5 Å². The third-order valence-electron chi connectivity index (χ3n) is 6.14. The number of hydrogen-bond donors (Lipinski definition) is 2. The molecule has 1 unspecified atom stereocenters. The second-order valence-corrected chi connectivity index (χ2v) is 8.26. The van der Waals surface area contributed by atoms with Crippen LogP contribution in [0.2, 0.25) is 0 Å². The minimum absolute atomic E-state index is 0.213. The lowest BCUT2D eigenvalue weighted by atomic mass is 10.0. The molecule has 166 valence electrons. The van der Waals surface area contributed by atoms with Crippen LogP contribution in [0, 0.1) is 6.92 Å². The SMILES string of the molecule is Cc1[nH]n(-c2ccccc2)c(=O)c1C1Nc2nc3ccccc3cc2C(=O)N1c1ccccc1. The molecule has 0 saturated carbocycles. The first kappa shape index (κ1) is 20.0. The van der Waals surface area contributed by atoms with Crippen molar-refractivity contribution in [1.29, 1.82) is 0 Å². The highest BCUT2D eigenvalue weighted by Gasteiger charge is 2.38. The van der Waals surface area contributed by atoms with Crippen molar-refractivity contribution < 1.29 is 4.79 Å². The molecule has 0 spiro atoms. The van der Waals surface area contributed by atoms with Crippen LogP contribution in [0.4, 0.5) is 11.5 Å². The van der Waals surface area contributed by atoms with Crippen molar-refractivity contribution in [3.8, 4) is 5.69 Å². The molecule has 0 fully saturated rings. The summed E-state index contributed by atoms with van der Waals surface area (Å²) in [6, 6.07) is 28.3. The summed E-state index contributed by atoms with van der Waals surface area (Å²) < 4.78 is 1.50. The van der Waals surface area contributed by atoms with Crippen LogP contribution in [0.25, 0.3) is 16.6 Å². The van der Waals surface area contributed by atoms with Gasteiger partial charge < -0.3 is 5.32 Å². The summed E-state index contributed by atoms with van der Waals surface area (Å²) in [4.78, 5) is 33.8. The van der Waals surface area contributed by atoms with Crippen molar-refractivity contribution in [2.24, 2.45) is 0 Å². The van der Waals surface area contributed by atoms with E-state index in [0.717, 1.165) is 16.6 Å². The highest BCUT2D eigenvalue weighted by atomic mass is 16.2. The number of rotatable bonds is 3. The molecule has 2 aromatic heterocycles. The molecule has 0 bridgehead atoms. The molecule has 1 amide bonds. The Kier molecular flexibility index (Phi) is 4.55. The molecule has 6 rings (SSSR count). The fourth-order valence-electron chi connectivity index (χ4n) is 4.53. The van der Waals surface area contributed by atoms with E-state index in [4.69, 9.17) is 4.98 Å². The summed E-state index contributed by atoms with van der Waals surface area (Å²) in [6.45, 7) is 1.84. The standard InChI is InChI=1S/C27H21N5O2/c1-17-23(27(34)32(30-17)20-13-6-3-7-14-20)25-29-24-21(16-18-10-8-9-15-22(18)28-24)26(33)31(25)19-11-4-2-5-12-19/h2-16,25,30H,1H3,(H,28,29). The quantitative estimate of drug-likeness (QED) is 0.416. The van der Waals surface area contributed by atoms with Gasteiger partial charge in [0.2, 0.25) is 0 Å². The van der Waals surface area contributed by atoms with Crippen molar-refractivity contribution >= 4 is 28.3 Å². The number of pyridine rings is 1. The van der Waals surface area contributed by atoms with Gasteiger partial charge in [-0.3, -0.25) is 19.6 Å². The minimum Gasteiger partial charge on any atom is -0.345 e. The van der Waals surface area contributed by atoms with Gasteiger partial charge in [-0.25, -0.2) is 9.67 Å². The van der Waals surface area contributed by atoms with Crippen LogP contribution in [0.5, 0.6) is 0 Å². The van der Waals surface area contributed by atoms with Crippen LogP contribution in [0.15, 0.2) is 95.8 Å². The Hall–Kier alpha value is -4.65. The number of para-hydroxylation sites is 3. The number of aromatic nitrogens is 3. The molecular formula is C27H21N5O2. The lowest BCUT2D eigenvalue weighted by Gasteiger charge is -2.37. The molecule has 3 aromatic carbocycles. The van der Waals surface area contributed by atoms with E-state index in [-0.39, 0.29) is 11.5 Å². The van der Waals surface area contributed by atoms with Crippen molar-refractivity contribution in [2.75, 3.05) is 10.2 Å². The van der Waals surface area contributed by atoms with E-state index in [9.17, 15) is 9.59 Å². The summed E-state index contributed by atoms with van der Waals surface area (Å²) in [7, 11) is 0. The number of hydrogen-bond acceptors (Lipinski definition) is 4. The topological polar surface area (TPSA) is 83.0 Å². The second-order valence-electron chi connectivity index (χ2n) is 8.26. The molecule has 7 heteroatoms. The first-order valence-electron chi connectivity index (χ1n) is 11.0. The summed E-state index contributed by atoms with van der Waals surface area (Å²) in [5.41, 5.74) is 3.57. The molecule has 1 aliphatic rings. The first-order chi connectivity index (χ1) is 16.6. The van der Waals surface area contributed by atoms with Crippen LogP contribution in [-0.4, -0.2) is 20.7 Å². The molecule has 0 saturated heterocycles. The van der Waals surface area contributed by atoms with E-state index in [1.807, 2.05) is 97.9 Å². The average molecular weight is 447 g/mol. The first-order valence-corrected chi connectivity index (χ1v) is 11.0. The number of nitrogens with one attached hydrogen (secondary N) is 2. The van der Waals surface area contributed by atoms with Gasteiger partial charge in [0.1, 0.15) is 12.0 Å². The number of carbonyl (C=O) groups is 1. The smallest absolute Gasteiger partial charge is 0.278 e. The van der Waals surface area contributed by atoms with Crippen LogP contribution >= 0.6 is 0 Å². The lowest BCUT2D eigenvalue weighted by Crippen LogP contribution is -2.45. The van der Waals surface area contributed by atoms with Gasteiger partial charge in [-0.15, -0.1) is 0 Å². The largest absolute Gasteiger partial charge is 0.345 e. The highest BCUT2D eigenvalue weighted by Crippen LogP contribution is 2.37. The Morgan fingerprint density at radius 1 is 0.824 bits per heavy atom. The summed E-state index contributed by atoms with van der Waals surface area (Å²) in [5.74, 6) is 0.251. The Morgan fingerprint density at radius 2 is 1.47 bits per heavy atom. The van der Waals surface area contributed by atoms with Gasteiger partial charge in [0.15, 0.2) is 0 Å². The molecule has 34 heavy (non-hydrogen) atoms. The fraction of sp³-hybridized carbons (Fsp3) is 0.0741. The molecule has 1 atom stereocenters. The van der Waals surface area contributed by atoms with Gasteiger partial charge >= 0.3 is 0 Å². The molecule has 3 heterocycles. The van der Waals surface area contributed by atoms with Gasteiger partial charge in [-0.2, -0.15) is 0 Å². The van der Waals surface area contributed by atoms with Gasteiger partial charge in [0.05, 0.1) is 22.3 Å². The molecule has 0 radical (unpaired) electrons. The number of aromatic amines is 1. The Labute approximate surface area is 195 Å². The van der Waals surface area contributed by atoms with E-state index in [1.165, 1.54) is 4.68 Å². The van der Waals surface area contributed by atoms with E-state index >= 15 is 0 Å². The van der Waals surface area contributed by atoms with Crippen LogP contribution in [-0.2, 0) is 0 Å². The summed E-state index contributed by atoms with van der Waals surface area (Å²) in [5, 5.41) is 7.45. The number of carbonyl (C=O) groups excluding carboxylic acids is 1. The number of amides is 1. The van der Waals surface area contributed by atoms with E-state index in [0.29, 0.717) is 28.3 Å². The zero-order chi connectivity index (χ0) is 23.2. The third-order valence-corrected chi connectivity index (χ3v) is 6.14. The van der Waals surface area contributed by atoms with Crippen molar-refractivity contribution in [3.05, 3.63) is 118 Å². The maximum absolute atomic E-state index is 13.9. The third kappa shape index (κ3) is 3.09. The molecule has 2 N–H and O–H groups in total. The van der Waals surface area contributed by atoms with Gasteiger partial charge in [0, 0.05) is 16.8 Å². The summed E-state index contributed by atoms with van der Waals surface area (Å²) >= 11 is 0. The maximum atomic E-state index is 13.9. The Morgan fingerprint density at radius 3 is 2.21 bits per heavy atom. The monoisotopic (exact) mass is 447 g/mol. The van der Waals surface area contributed by atoms with Crippen LogP contribution in [0.1, 0.15) is 27.8 Å². The molecule has 5 aromatic rings. The van der Waals surface area contributed by atoms with E-state index in [1.54, 1.807) is 4.90 Å². The van der Waals surface area contributed by atoms with E-state index < -0.39 is 6.17 Å². The Bertz CT molecular complexity index is 1590. The number of fused-ring (bicyclic) bond motifs is 2. The van der Waals surface area contributed by atoms with Crippen LogP contribution in [0.3, 0.4) is 0 Å². The van der Waals surface area contributed by atoms with E-state index in [2.05, 4.69) is 10.4 Å². The van der Waals surface area contributed by atoms with Crippen LogP contribution < -0.4 is 15.8 Å². The second kappa shape index (κ2) is 7.74. The molecule has 0 aliphatic carbocycles. The fourth-order valence-corrected chi connectivity index (χ4v) is 4.53. The normalized spacial score (nSPS) is 15.3. The number of aryl methyl sites for hydroxylation is 1. The molecule has 1 aliphatic heterocycles. The van der Waals surface area contributed by atoms with Crippen molar-refractivity contribution in [3.63, 3.8) is 0 Å². The highest BCUT2D eigenvalue weighted by molar-refractivity contribution is 6.13. The summed E-state index contributed by atoms with van der Waals surface area (Å²) in [6.07, 6.45) is -0.732. The number of benzene rings is 3. The Balaban J connectivity index is 1.56. The minimum atomic E-state index is -0.732. The number of anilines is 2. The number of nitrogens with zero attached hydrogens (tertiary/aromatic N) is 3. The lowest BCUT2D eigenvalue weighted by molar-refractivity contribution is 0.0974. The van der Waals surface area contributed by atoms with Gasteiger partial charge in [-0.05, 0) is 43.3 Å². The average Bonchev–Trinajstić information content (AvgIpc) is 3.17. The molecule has 7 nitrogen and oxygen atoms in total.